The van der Waals surface area contributed by atoms with Gasteiger partial charge in [0.2, 0.25) is 0 Å². The molecule has 141 valence electrons. The molecular weight excluding hydrogens is 304 g/mol. The van der Waals surface area contributed by atoms with Crippen molar-refractivity contribution in [1.82, 2.24) is 0 Å². The molecule has 25 heavy (non-hydrogen) atoms. The van der Waals surface area contributed by atoms with Gasteiger partial charge in [-0.3, -0.25) is 0 Å². The number of unbranched alkanes of at least 4 members (excludes halogenated alkanes) is 7. The molecule has 1 aromatic rings. The lowest BCUT2D eigenvalue weighted by molar-refractivity contribution is 0.463. The van der Waals surface area contributed by atoms with Crippen molar-refractivity contribution < 1.29 is 4.74 Å². The van der Waals surface area contributed by atoms with Gasteiger partial charge in [0.05, 0.1) is 6.26 Å². The molecule has 1 heteroatoms. The molecule has 0 fully saturated rings. The van der Waals surface area contributed by atoms with Gasteiger partial charge in [0, 0.05) is 0 Å². The van der Waals surface area contributed by atoms with Crippen LogP contribution < -0.4 is 4.74 Å². The van der Waals surface area contributed by atoms with Crippen molar-refractivity contribution in [3.63, 3.8) is 0 Å². The Bertz CT molecular complexity index is 449. The average Bonchev–Trinajstić information content (AvgIpc) is 2.64. The molecule has 0 saturated carbocycles. The third-order valence-corrected chi connectivity index (χ3v) is 5.02. The molecule has 0 spiro atoms. The first-order chi connectivity index (χ1) is 12.3. The van der Waals surface area contributed by atoms with Gasteiger partial charge >= 0.3 is 0 Å². The Kier molecular flexibility index (Phi) is 13.1. The summed E-state index contributed by atoms with van der Waals surface area (Å²) in [5, 5.41) is 0. The Morgan fingerprint density at radius 2 is 1.84 bits per heavy atom. The molecule has 0 saturated heterocycles. The summed E-state index contributed by atoms with van der Waals surface area (Å²) in [6.07, 6.45) is 19.5. The highest BCUT2D eigenvalue weighted by atomic mass is 16.5. The maximum atomic E-state index is 5.87. The molecule has 0 aliphatic rings. The molecule has 0 aliphatic heterocycles. The van der Waals surface area contributed by atoms with Crippen LogP contribution in [0.5, 0.6) is 5.75 Å². The van der Waals surface area contributed by atoms with Crippen molar-refractivity contribution in [1.29, 1.82) is 0 Å². The third-order valence-electron chi connectivity index (χ3n) is 5.02. The zero-order valence-electron chi connectivity index (χ0n) is 16.9. The molecule has 1 nitrogen and oxygen atoms in total. The fourth-order valence-electron chi connectivity index (χ4n) is 3.01. The number of aryl methyl sites for hydroxylation is 1. The quantitative estimate of drug-likeness (QED) is 0.232. The van der Waals surface area contributed by atoms with Crippen LogP contribution in [0.3, 0.4) is 0 Å². The number of benzene rings is 1. The molecule has 1 unspecified atom stereocenters. The summed E-state index contributed by atoms with van der Waals surface area (Å²) in [4.78, 5) is 0. The van der Waals surface area contributed by atoms with Crippen molar-refractivity contribution in [2.75, 3.05) is 0 Å². The minimum atomic E-state index is 0.852. The van der Waals surface area contributed by atoms with Gasteiger partial charge in [-0.15, -0.1) is 0 Å². The molecular formula is C24H39O. The van der Waals surface area contributed by atoms with Crippen LogP contribution in [-0.2, 0) is 6.42 Å². The summed E-state index contributed by atoms with van der Waals surface area (Å²) < 4.78 is 5.87. The molecule has 0 aliphatic carbocycles. The van der Waals surface area contributed by atoms with Crippen LogP contribution in [-0.4, -0.2) is 0 Å². The standard InChI is InChI=1S/C24H39O/c1-4-6-7-8-9-10-11-16-21-25-24-20-15-14-19-23(24)18-13-12-17-22(3)5-2/h14,16,19-22H,4-13,17-18H2,1-3H3. The average molecular weight is 344 g/mol. The Morgan fingerprint density at radius 1 is 1.04 bits per heavy atom. The Morgan fingerprint density at radius 3 is 2.64 bits per heavy atom. The third kappa shape index (κ3) is 11.1. The number of rotatable bonds is 15. The van der Waals surface area contributed by atoms with E-state index in [-0.39, 0.29) is 0 Å². The lowest BCUT2D eigenvalue weighted by Crippen LogP contribution is -1.95. The SMILES string of the molecule is CCCCCCCCC=COc1c[c]ccc1CCCCC(C)CC. The first kappa shape index (κ1) is 21.8. The fourth-order valence-corrected chi connectivity index (χ4v) is 3.01. The zero-order valence-corrected chi connectivity index (χ0v) is 16.9. The predicted molar refractivity (Wildman–Crippen MR) is 110 cm³/mol. The smallest absolute Gasteiger partial charge is 0.130 e. The van der Waals surface area contributed by atoms with E-state index >= 15 is 0 Å². The monoisotopic (exact) mass is 343 g/mol. The van der Waals surface area contributed by atoms with Crippen molar-refractivity contribution in [3.05, 3.63) is 42.2 Å². The van der Waals surface area contributed by atoms with Crippen molar-refractivity contribution in [3.8, 4) is 5.75 Å². The van der Waals surface area contributed by atoms with Crippen LogP contribution in [0.4, 0.5) is 0 Å². The summed E-state index contributed by atoms with van der Waals surface area (Å²) in [6, 6.07) is 9.26. The molecule has 0 aromatic heterocycles. The lowest BCUT2D eigenvalue weighted by atomic mass is 9.99. The van der Waals surface area contributed by atoms with Crippen molar-refractivity contribution in [2.24, 2.45) is 5.92 Å². The van der Waals surface area contributed by atoms with Crippen LogP contribution in [0.1, 0.15) is 97.0 Å². The molecule has 1 radical (unpaired) electrons. The Labute approximate surface area is 156 Å². The molecule has 0 N–H and O–H groups in total. The van der Waals surface area contributed by atoms with Crippen molar-refractivity contribution >= 4 is 0 Å². The summed E-state index contributed by atoms with van der Waals surface area (Å²) in [5.74, 6) is 1.83. The van der Waals surface area contributed by atoms with Gasteiger partial charge in [-0.2, -0.15) is 0 Å². The highest BCUT2D eigenvalue weighted by Gasteiger charge is 2.03. The van der Waals surface area contributed by atoms with E-state index in [0.717, 1.165) is 24.5 Å². The van der Waals surface area contributed by atoms with Gasteiger partial charge in [-0.1, -0.05) is 84.3 Å². The topological polar surface area (TPSA) is 9.23 Å². The molecule has 1 aromatic carbocycles. The molecule has 0 bridgehead atoms. The minimum absolute atomic E-state index is 0.852. The second-order valence-electron chi connectivity index (χ2n) is 7.34. The first-order valence-corrected chi connectivity index (χ1v) is 10.6. The fraction of sp³-hybridized carbons (Fsp3) is 0.667. The van der Waals surface area contributed by atoms with E-state index in [4.69, 9.17) is 4.74 Å². The highest BCUT2D eigenvalue weighted by Crippen LogP contribution is 2.21. The van der Waals surface area contributed by atoms with Crippen LogP contribution in [0.2, 0.25) is 0 Å². The number of allylic oxidation sites excluding steroid dienone is 1. The molecule has 1 atom stereocenters. The summed E-state index contributed by atoms with van der Waals surface area (Å²) in [7, 11) is 0. The van der Waals surface area contributed by atoms with E-state index in [0.29, 0.717) is 0 Å². The second kappa shape index (κ2) is 15.0. The first-order valence-electron chi connectivity index (χ1n) is 10.6. The van der Waals surface area contributed by atoms with Gasteiger partial charge in [0.25, 0.3) is 0 Å². The Balaban J connectivity index is 2.23. The maximum absolute atomic E-state index is 5.87. The largest absolute Gasteiger partial charge is 0.465 e. The second-order valence-corrected chi connectivity index (χ2v) is 7.34. The van der Waals surface area contributed by atoms with Crippen molar-refractivity contribution in [2.45, 2.75) is 97.8 Å². The minimum Gasteiger partial charge on any atom is -0.465 e. The Hall–Kier alpha value is -1.24. The van der Waals surface area contributed by atoms with E-state index < -0.39 is 0 Å². The van der Waals surface area contributed by atoms with E-state index in [1.54, 1.807) is 0 Å². The van der Waals surface area contributed by atoms with E-state index in [1.165, 1.54) is 69.8 Å². The van der Waals surface area contributed by atoms with E-state index in [1.807, 2.05) is 18.4 Å². The number of ether oxygens (including phenoxy) is 1. The lowest BCUT2D eigenvalue weighted by Gasteiger charge is -2.10. The van der Waals surface area contributed by atoms with Gasteiger partial charge in [0.1, 0.15) is 5.75 Å². The molecule has 0 amide bonds. The van der Waals surface area contributed by atoms with Gasteiger partial charge in [0.15, 0.2) is 0 Å². The normalized spacial score (nSPS) is 12.6. The molecule has 0 heterocycles. The molecule has 1 rings (SSSR count). The number of hydrogen-bond acceptors (Lipinski definition) is 1. The van der Waals surface area contributed by atoms with Gasteiger partial charge in [-0.25, -0.2) is 0 Å². The maximum Gasteiger partial charge on any atom is 0.130 e. The zero-order chi connectivity index (χ0) is 18.2. The van der Waals surface area contributed by atoms with Crippen LogP contribution in [0, 0.1) is 12.0 Å². The van der Waals surface area contributed by atoms with Crippen LogP contribution in [0.15, 0.2) is 30.5 Å². The highest BCUT2D eigenvalue weighted by molar-refractivity contribution is 5.33. The van der Waals surface area contributed by atoms with Crippen LogP contribution >= 0.6 is 0 Å². The van der Waals surface area contributed by atoms with E-state index in [9.17, 15) is 0 Å². The predicted octanol–water partition coefficient (Wildman–Crippen LogP) is 7.89. The van der Waals surface area contributed by atoms with Gasteiger partial charge in [-0.05, 0) is 55.4 Å². The van der Waals surface area contributed by atoms with Crippen LogP contribution in [0.25, 0.3) is 0 Å². The number of hydrogen-bond donors (Lipinski definition) is 0. The summed E-state index contributed by atoms with van der Waals surface area (Å²) in [6.45, 7) is 6.89. The van der Waals surface area contributed by atoms with E-state index in [2.05, 4.69) is 39.0 Å². The summed E-state index contributed by atoms with van der Waals surface area (Å²) in [5.41, 5.74) is 1.31. The van der Waals surface area contributed by atoms with Gasteiger partial charge < -0.3 is 4.74 Å². The summed E-state index contributed by atoms with van der Waals surface area (Å²) >= 11 is 0.